The monoisotopic (exact) mass is 324 g/mol. The molecule has 2 heterocycles. The number of hydrogen-bond donors (Lipinski definition) is 0. The van der Waals surface area contributed by atoms with E-state index in [1.165, 1.54) is 18.9 Å². The van der Waals surface area contributed by atoms with E-state index in [1.807, 2.05) is 18.2 Å². The summed E-state index contributed by atoms with van der Waals surface area (Å²) in [5.41, 5.74) is 0.232. The lowest BCUT2D eigenvalue weighted by Gasteiger charge is -2.06. The van der Waals surface area contributed by atoms with Gasteiger partial charge in [0.2, 0.25) is 0 Å². The molecule has 2 aromatic heterocycles. The summed E-state index contributed by atoms with van der Waals surface area (Å²) in [5, 5.41) is 0.903. The summed E-state index contributed by atoms with van der Waals surface area (Å²) in [6.07, 6.45) is 8.74. The van der Waals surface area contributed by atoms with Crippen LogP contribution in [0.5, 0.6) is 5.75 Å². The second-order valence-corrected chi connectivity index (χ2v) is 5.83. The number of aryl methyl sites for hydroxylation is 1. The van der Waals surface area contributed by atoms with Gasteiger partial charge in [-0.25, -0.2) is 9.36 Å². The topological polar surface area (TPSA) is 43.3 Å². The lowest BCUT2D eigenvalue weighted by molar-refractivity contribution is -0.697. The highest BCUT2D eigenvalue weighted by atomic mass is 16.5. The van der Waals surface area contributed by atoms with Gasteiger partial charge >= 0.3 is 5.63 Å². The highest BCUT2D eigenvalue weighted by Gasteiger charge is 2.01. The third kappa shape index (κ3) is 4.69. The molecule has 124 valence electrons. The second kappa shape index (κ2) is 8.29. The molecular weight excluding hydrogens is 302 g/mol. The normalized spacial score (nSPS) is 10.8. The zero-order valence-electron chi connectivity index (χ0n) is 13.7. The first-order valence-electron chi connectivity index (χ1n) is 8.42. The maximum atomic E-state index is 11.2. The number of aromatic nitrogens is 1. The third-order valence-electron chi connectivity index (χ3n) is 3.95. The van der Waals surface area contributed by atoms with Gasteiger partial charge in [0.15, 0.2) is 12.4 Å². The largest absolute Gasteiger partial charge is 0.493 e. The number of rotatable bonds is 8. The van der Waals surface area contributed by atoms with Gasteiger partial charge in [0.25, 0.3) is 0 Å². The molecule has 0 saturated heterocycles. The summed E-state index contributed by atoms with van der Waals surface area (Å²) < 4.78 is 13.1. The molecule has 3 rings (SSSR count). The Morgan fingerprint density at radius 3 is 2.58 bits per heavy atom. The van der Waals surface area contributed by atoms with Crippen LogP contribution in [0, 0.1) is 0 Å². The molecule has 3 aromatic rings. The molecule has 0 amide bonds. The van der Waals surface area contributed by atoms with Crippen molar-refractivity contribution in [3.63, 3.8) is 0 Å². The Balaban J connectivity index is 1.37. The average molecular weight is 324 g/mol. The molecule has 4 nitrogen and oxygen atoms in total. The van der Waals surface area contributed by atoms with Gasteiger partial charge in [-0.3, -0.25) is 0 Å². The lowest BCUT2D eigenvalue weighted by Crippen LogP contribution is -2.32. The fraction of sp³-hybridized carbons (Fsp3) is 0.300. The van der Waals surface area contributed by atoms with Gasteiger partial charge in [-0.05, 0) is 37.5 Å². The van der Waals surface area contributed by atoms with Crippen LogP contribution in [0.3, 0.4) is 0 Å². The van der Waals surface area contributed by atoms with Gasteiger partial charge in [0.05, 0.1) is 6.61 Å². The quantitative estimate of drug-likeness (QED) is 0.360. The summed E-state index contributed by atoms with van der Waals surface area (Å²) in [5.74, 6) is 0.747. The van der Waals surface area contributed by atoms with Crippen molar-refractivity contribution in [1.82, 2.24) is 0 Å². The maximum absolute atomic E-state index is 11.2. The minimum Gasteiger partial charge on any atom is -0.493 e. The van der Waals surface area contributed by atoms with Gasteiger partial charge < -0.3 is 9.15 Å². The van der Waals surface area contributed by atoms with E-state index in [2.05, 4.69) is 29.1 Å². The Morgan fingerprint density at radius 1 is 0.917 bits per heavy atom. The standard InChI is InChI=1S/C20H22NO3/c22-20-11-9-17-8-10-18(16-19(17)24-20)23-15-7-2-1-4-12-21-13-5-3-6-14-21/h3,5-6,8-11,13-14,16H,1-2,4,7,12,15H2/q+1. The first-order chi connectivity index (χ1) is 11.8. The number of hydrogen-bond acceptors (Lipinski definition) is 3. The van der Waals surface area contributed by atoms with E-state index >= 15 is 0 Å². The Hall–Kier alpha value is -2.62. The molecular formula is C20H22NO3+. The number of unbranched alkanes of at least 4 members (excludes halogenated alkanes) is 3. The molecule has 0 aliphatic heterocycles. The van der Waals surface area contributed by atoms with Crippen LogP contribution in [0.1, 0.15) is 25.7 Å². The van der Waals surface area contributed by atoms with Gasteiger partial charge in [-0.15, -0.1) is 0 Å². The molecule has 0 aliphatic carbocycles. The Bertz CT molecular complexity index is 827. The van der Waals surface area contributed by atoms with E-state index in [4.69, 9.17) is 9.15 Å². The zero-order valence-corrected chi connectivity index (χ0v) is 13.7. The van der Waals surface area contributed by atoms with Gasteiger partial charge in [-0.1, -0.05) is 6.07 Å². The van der Waals surface area contributed by atoms with Crippen molar-refractivity contribution in [2.75, 3.05) is 6.61 Å². The minimum absolute atomic E-state index is 0.337. The number of benzene rings is 1. The van der Waals surface area contributed by atoms with Gasteiger partial charge in [-0.2, -0.15) is 0 Å². The molecule has 4 heteroatoms. The third-order valence-corrected chi connectivity index (χ3v) is 3.95. The van der Waals surface area contributed by atoms with E-state index in [0.29, 0.717) is 12.2 Å². The van der Waals surface area contributed by atoms with Crippen LogP contribution in [-0.4, -0.2) is 6.61 Å². The second-order valence-electron chi connectivity index (χ2n) is 5.83. The number of fused-ring (bicyclic) bond motifs is 1. The lowest BCUT2D eigenvalue weighted by atomic mass is 10.2. The highest BCUT2D eigenvalue weighted by Crippen LogP contribution is 2.19. The van der Waals surface area contributed by atoms with Crippen LogP contribution in [0.4, 0.5) is 0 Å². The van der Waals surface area contributed by atoms with Crippen molar-refractivity contribution in [1.29, 1.82) is 0 Å². The molecule has 24 heavy (non-hydrogen) atoms. The molecule has 0 saturated carbocycles. The highest BCUT2D eigenvalue weighted by molar-refractivity contribution is 5.77. The van der Waals surface area contributed by atoms with E-state index in [-0.39, 0.29) is 5.63 Å². The van der Waals surface area contributed by atoms with E-state index in [9.17, 15) is 4.79 Å². The van der Waals surface area contributed by atoms with Gasteiger partial charge in [0, 0.05) is 36.1 Å². The van der Waals surface area contributed by atoms with Crippen LogP contribution < -0.4 is 14.9 Å². The number of nitrogens with zero attached hydrogens (tertiary/aromatic N) is 1. The maximum Gasteiger partial charge on any atom is 0.336 e. The Labute approximate surface area is 141 Å². The molecule has 0 fully saturated rings. The van der Waals surface area contributed by atoms with Crippen LogP contribution in [0.2, 0.25) is 0 Å². The molecule has 0 unspecified atom stereocenters. The predicted molar refractivity (Wildman–Crippen MR) is 93.1 cm³/mol. The van der Waals surface area contributed by atoms with Crippen molar-refractivity contribution >= 4 is 11.0 Å². The number of ether oxygens (including phenoxy) is 1. The average Bonchev–Trinajstić information content (AvgIpc) is 2.61. The molecule has 1 aromatic carbocycles. The molecule has 0 radical (unpaired) electrons. The first-order valence-corrected chi connectivity index (χ1v) is 8.42. The van der Waals surface area contributed by atoms with Crippen molar-refractivity contribution in [3.8, 4) is 5.75 Å². The fourth-order valence-corrected chi connectivity index (χ4v) is 2.65. The van der Waals surface area contributed by atoms with Crippen molar-refractivity contribution in [2.45, 2.75) is 32.2 Å². The smallest absolute Gasteiger partial charge is 0.336 e. The molecule has 0 aliphatic rings. The molecule has 0 bridgehead atoms. The SMILES string of the molecule is O=c1ccc2ccc(OCCCCCC[n+]3ccccc3)cc2o1. The number of pyridine rings is 1. The van der Waals surface area contributed by atoms with Crippen LogP contribution in [0.15, 0.2) is 70.1 Å². The molecule has 0 N–H and O–H groups in total. The fourth-order valence-electron chi connectivity index (χ4n) is 2.65. The van der Waals surface area contributed by atoms with E-state index in [1.54, 1.807) is 12.1 Å². The summed E-state index contributed by atoms with van der Waals surface area (Å²) >= 11 is 0. The summed E-state index contributed by atoms with van der Waals surface area (Å²) in [7, 11) is 0. The van der Waals surface area contributed by atoms with Crippen molar-refractivity contribution < 1.29 is 13.7 Å². The zero-order chi connectivity index (χ0) is 16.6. The van der Waals surface area contributed by atoms with Crippen LogP contribution >= 0.6 is 0 Å². The van der Waals surface area contributed by atoms with E-state index < -0.39 is 0 Å². The molecule has 0 atom stereocenters. The van der Waals surface area contributed by atoms with Crippen LogP contribution in [0.25, 0.3) is 11.0 Å². The van der Waals surface area contributed by atoms with Crippen molar-refractivity contribution in [2.24, 2.45) is 0 Å². The Morgan fingerprint density at radius 2 is 1.71 bits per heavy atom. The molecule has 0 spiro atoms. The van der Waals surface area contributed by atoms with E-state index in [0.717, 1.165) is 30.5 Å². The summed E-state index contributed by atoms with van der Waals surface area (Å²) in [4.78, 5) is 11.2. The summed E-state index contributed by atoms with van der Waals surface area (Å²) in [6.45, 7) is 1.74. The minimum atomic E-state index is -0.337. The first kappa shape index (κ1) is 16.2. The predicted octanol–water partition coefficient (Wildman–Crippen LogP) is 3.72. The van der Waals surface area contributed by atoms with Crippen molar-refractivity contribution in [3.05, 3.63) is 71.3 Å². The Kier molecular flexibility index (Phi) is 5.61. The van der Waals surface area contributed by atoms with Crippen LogP contribution in [-0.2, 0) is 6.54 Å². The van der Waals surface area contributed by atoms with Gasteiger partial charge in [0.1, 0.15) is 17.9 Å². The summed E-state index contributed by atoms with van der Waals surface area (Å²) in [6, 6.07) is 14.9.